The van der Waals surface area contributed by atoms with Gasteiger partial charge < -0.3 is 15.4 Å². The standard InChI is InChI=1S/C27H27FN6O2/c1-15(18-6-5-7-19-23(26(35)29-4)20(28)12-31-24(18)19)10-30-22-9-21(33-14-34-22)16-8-17-13-36-27(2,3)25(17)32-11-16/h5-9,11-12,14-15H,10,13H2,1-4H3,(H,29,35)(H,30,33,34)/t15-/m1/s1. The number of aromatic nitrogens is 4. The first kappa shape index (κ1) is 23.7. The van der Waals surface area contributed by atoms with Crippen LogP contribution in [0.1, 0.15) is 53.9 Å². The molecule has 0 spiro atoms. The second-order valence-electron chi connectivity index (χ2n) is 9.40. The smallest absolute Gasteiger partial charge is 0.254 e. The fourth-order valence-corrected chi connectivity index (χ4v) is 4.58. The molecule has 1 aliphatic heterocycles. The number of benzene rings is 1. The third-order valence-electron chi connectivity index (χ3n) is 6.55. The highest BCUT2D eigenvalue weighted by Gasteiger charge is 2.32. The van der Waals surface area contributed by atoms with Gasteiger partial charge in [-0.15, -0.1) is 0 Å². The number of nitrogens with one attached hydrogen (secondary N) is 2. The number of halogens is 1. The number of pyridine rings is 2. The highest BCUT2D eigenvalue weighted by Crippen LogP contribution is 2.36. The molecule has 0 fully saturated rings. The number of hydrogen-bond acceptors (Lipinski definition) is 7. The minimum absolute atomic E-state index is 0.00157. The second-order valence-corrected chi connectivity index (χ2v) is 9.40. The average molecular weight is 487 g/mol. The van der Waals surface area contributed by atoms with Crippen LogP contribution in [0, 0.1) is 5.82 Å². The Morgan fingerprint density at radius 3 is 2.81 bits per heavy atom. The number of amides is 1. The maximum absolute atomic E-state index is 14.4. The van der Waals surface area contributed by atoms with Crippen LogP contribution in [0.15, 0.2) is 49.1 Å². The Balaban J connectivity index is 1.37. The maximum atomic E-state index is 14.4. The van der Waals surface area contributed by atoms with E-state index in [-0.39, 0.29) is 17.1 Å². The van der Waals surface area contributed by atoms with Crippen molar-refractivity contribution in [1.29, 1.82) is 0 Å². The van der Waals surface area contributed by atoms with Crippen LogP contribution in [-0.4, -0.2) is 39.4 Å². The van der Waals surface area contributed by atoms with Crippen LogP contribution in [0.3, 0.4) is 0 Å². The van der Waals surface area contributed by atoms with Crippen LogP contribution in [0.5, 0.6) is 0 Å². The second kappa shape index (κ2) is 9.23. The Labute approximate surface area is 208 Å². The Hall–Kier alpha value is -3.98. The van der Waals surface area contributed by atoms with Crippen molar-refractivity contribution < 1.29 is 13.9 Å². The first-order valence-corrected chi connectivity index (χ1v) is 11.8. The van der Waals surface area contributed by atoms with Crippen molar-refractivity contribution in [3.8, 4) is 11.3 Å². The molecule has 0 saturated carbocycles. The number of hydrogen-bond donors (Lipinski definition) is 2. The molecule has 9 heteroatoms. The van der Waals surface area contributed by atoms with Gasteiger partial charge in [0.1, 0.15) is 17.7 Å². The summed E-state index contributed by atoms with van der Waals surface area (Å²) >= 11 is 0. The van der Waals surface area contributed by atoms with Gasteiger partial charge in [0.25, 0.3) is 5.91 Å². The summed E-state index contributed by atoms with van der Waals surface area (Å²) in [6, 6.07) is 9.43. The number of fused-ring (bicyclic) bond motifs is 2. The van der Waals surface area contributed by atoms with Crippen LogP contribution >= 0.6 is 0 Å². The lowest BCUT2D eigenvalue weighted by atomic mass is 9.96. The Kier molecular flexibility index (Phi) is 6.09. The number of ether oxygens (including phenoxy) is 1. The normalized spacial score (nSPS) is 14.9. The molecule has 0 saturated heterocycles. The Bertz CT molecular complexity index is 1470. The molecule has 0 aliphatic carbocycles. The summed E-state index contributed by atoms with van der Waals surface area (Å²) in [6.07, 6.45) is 4.44. The molecule has 36 heavy (non-hydrogen) atoms. The summed E-state index contributed by atoms with van der Waals surface area (Å²) in [6.45, 7) is 7.15. The molecule has 0 radical (unpaired) electrons. The zero-order chi connectivity index (χ0) is 25.4. The zero-order valence-electron chi connectivity index (χ0n) is 20.6. The van der Waals surface area contributed by atoms with Crippen LogP contribution in [-0.2, 0) is 16.9 Å². The molecular weight excluding hydrogens is 459 g/mol. The summed E-state index contributed by atoms with van der Waals surface area (Å²) in [7, 11) is 1.48. The van der Waals surface area contributed by atoms with Crippen molar-refractivity contribution in [2.75, 3.05) is 18.9 Å². The summed E-state index contributed by atoms with van der Waals surface area (Å²) in [5.74, 6) is -0.445. The number of rotatable bonds is 6. The number of anilines is 1. The minimum Gasteiger partial charge on any atom is -0.369 e. The molecule has 0 unspecified atom stereocenters. The molecule has 4 aromatic rings. The van der Waals surface area contributed by atoms with Crippen molar-refractivity contribution in [1.82, 2.24) is 25.3 Å². The van der Waals surface area contributed by atoms with Gasteiger partial charge in [0.15, 0.2) is 5.82 Å². The molecule has 5 rings (SSSR count). The maximum Gasteiger partial charge on any atom is 0.254 e. The largest absolute Gasteiger partial charge is 0.369 e. The summed E-state index contributed by atoms with van der Waals surface area (Å²) in [5.41, 5.74) is 4.81. The summed E-state index contributed by atoms with van der Waals surface area (Å²) < 4.78 is 20.2. The van der Waals surface area contributed by atoms with E-state index in [1.807, 2.05) is 45.2 Å². The number of carbonyl (C=O) groups excluding carboxylic acids is 1. The van der Waals surface area contributed by atoms with E-state index in [9.17, 15) is 9.18 Å². The lowest BCUT2D eigenvalue weighted by Crippen LogP contribution is -2.20. The van der Waals surface area contributed by atoms with Gasteiger partial charge >= 0.3 is 0 Å². The molecule has 1 aromatic carbocycles. The molecule has 1 aliphatic rings. The molecule has 2 N–H and O–H groups in total. The van der Waals surface area contributed by atoms with Gasteiger partial charge in [0.05, 0.1) is 35.3 Å². The molecule has 1 atom stereocenters. The van der Waals surface area contributed by atoms with Gasteiger partial charge in [0, 0.05) is 48.3 Å². The van der Waals surface area contributed by atoms with Crippen molar-refractivity contribution in [2.45, 2.75) is 38.9 Å². The lowest BCUT2D eigenvalue weighted by Gasteiger charge is -2.17. The van der Waals surface area contributed by atoms with Crippen LogP contribution in [0.2, 0.25) is 0 Å². The SMILES string of the molecule is CNC(=O)c1c(F)cnc2c([C@H](C)CNc3cc(-c4cnc5c(c4)COC5(C)C)ncn3)cccc12. The quantitative estimate of drug-likeness (QED) is 0.412. The summed E-state index contributed by atoms with van der Waals surface area (Å²) in [4.78, 5) is 30.0. The van der Waals surface area contributed by atoms with E-state index in [2.05, 4.69) is 36.6 Å². The number of carbonyl (C=O) groups is 1. The van der Waals surface area contributed by atoms with Crippen LogP contribution in [0.25, 0.3) is 22.2 Å². The average Bonchev–Trinajstić information content (AvgIpc) is 3.20. The van der Waals surface area contributed by atoms with E-state index < -0.39 is 11.7 Å². The van der Waals surface area contributed by atoms with E-state index in [0.29, 0.717) is 29.9 Å². The van der Waals surface area contributed by atoms with Crippen molar-refractivity contribution in [3.05, 3.63) is 77.3 Å². The van der Waals surface area contributed by atoms with E-state index in [1.165, 1.54) is 13.4 Å². The predicted molar refractivity (Wildman–Crippen MR) is 135 cm³/mol. The molecule has 1 amide bonds. The molecule has 184 valence electrons. The monoisotopic (exact) mass is 486 g/mol. The minimum atomic E-state index is -0.644. The number of nitrogens with zero attached hydrogens (tertiary/aromatic N) is 4. The molecule has 3 aromatic heterocycles. The van der Waals surface area contributed by atoms with E-state index >= 15 is 0 Å². The van der Waals surface area contributed by atoms with E-state index in [4.69, 9.17) is 4.74 Å². The van der Waals surface area contributed by atoms with E-state index in [1.54, 1.807) is 6.07 Å². The van der Waals surface area contributed by atoms with Crippen LogP contribution < -0.4 is 10.6 Å². The van der Waals surface area contributed by atoms with Gasteiger partial charge in [-0.05, 0) is 25.5 Å². The molecular formula is C27H27FN6O2. The molecule has 8 nitrogen and oxygen atoms in total. The highest BCUT2D eigenvalue weighted by molar-refractivity contribution is 6.06. The highest BCUT2D eigenvalue weighted by atomic mass is 19.1. The van der Waals surface area contributed by atoms with Gasteiger partial charge in [-0.2, -0.15) is 0 Å². The first-order valence-electron chi connectivity index (χ1n) is 11.8. The third-order valence-corrected chi connectivity index (χ3v) is 6.55. The third kappa shape index (κ3) is 4.26. The van der Waals surface area contributed by atoms with Gasteiger partial charge in [-0.1, -0.05) is 25.1 Å². The van der Waals surface area contributed by atoms with Gasteiger partial charge in [-0.3, -0.25) is 14.8 Å². The van der Waals surface area contributed by atoms with E-state index in [0.717, 1.165) is 34.3 Å². The van der Waals surface area contributed by atoms with Gasteiger partial charge in [-0.25, -0.2) is 14.4 Å². The predicted octanol–water partition coefficient (Wildman–Crippen LogP) is 4.57. The van der Waals surface area contributed by atoms with Crippen molar-refractivity contribution >= 4 is 22.6 Å². The molecule has 4 heterocycles. The topological polar surface area (TPSA) is 102 Å². The van der Waals surface area contributed by atoms with Crippen molar-refractivity contribution in [2.24, 2.45) is 0 Å². The van der Waals surface area contributed by atoms with Crippen LogP contribution in [0.4, 0.5) is 10.2 Å². The fraction of sp³-hybridized carbons (Fsp3) is 0.296. The fourth-order valence-electron chi connectivity index (χ4n) is 4.58. The Morgan fingerprint density at radius 1 is 1.17 bits per heavy atom. The number of para-hydroxylation sites is 1. The van der Waals surface area contributed by atoms with Crippen molar-refractivity contribution in [3.63, 3.8) is 0 Å². The first-order chi connectivity index (χ1) is 17.3. The zero-order valence-corrected chi connectivity index (χ0v) is 20.6. The Morgan fingerprint density at radius 2 is 2.00 bits per heavy atom. The summed E-state index contributed by atoms with van der Waals surface area (Å²) in [5, 5.41) is 6.35. The van der Waals surface area contributed by atoms with Gasteiger partial charge in [0.2, 0.25) is 0 Å². The lowest BCUT2D eigenvalue weighted by molar-refractivity contribution is -0.0101. The molecule has 0 bridgehead atoms.